The number of esters is 1. The van der Waals surface area contributed by atoms with Gasteiger partial charge in [0.2, 0.25) is 0 Å². The second-order valence-corrected chi connectivity index (χ2v) is 2.84. The molecule has 0 bridgehead atoms. The van der Waals surface area contributed by atoms with Gasteiger partial charge in [0.15, 0.2) is 0 Å². The first-order valence-electron chi connectivity index (χ1n) is 3.97. The highest BCUT2D eigenvalue weighted by molar-refractivity contribution is 5.69. The molecule has 3 heteroatoms. The lowest BCUT2D eigenvalue weighted by molar-refractivity contribution is -0.141. The van der Waals surface area contributed by atoms with E-state index in [-0.39, 0.29) is 5.97 Å². The molecule has 0 atom stereocenters. The summed E-state index contributed by atoms with van der Waals surface area (Å²) in [5.74, 6) is 0.577. The van der Waals surface area contributed by atoms with Crippen LogP contribution in [0.25, 0.3) is 0 Å². The van der Waals surface area contributed by atoms with E-state index in [1.165, 1.54) is 20.0 Å². The van der Waals surface area contributed by atoms with E-state index < -0.39 is 0 Å². The van der Waals surface area contributed by atoms with Gasteiger partial charge in [0.05, 0.1) is 20.1 Å². The Labute approximate surface area is 66.7 Å². The van der Waals surface area contributed by atoms with Crippen LogP contribution in [0.4, 0.5) is 0 Å². The number of ether oxygens (including phenoxy) is 2. The van der Waals surface area contributed by atoms with E-state index >= 15 is 0 Å². The summed E-state index contributed by atoms with van der Waals surface area (Å²) >= 11 is 0. The topological polar surface area (TPSA) is 35.5 Å². The van der Waals surface area contributed by atoms with Gasteiger partial charge in [-0.15, -0.1) is 0 Å². The number of carbonyl (C=O) groups excluding carboxylic acids is 1. The van der Waals surface area contributed by atoms with Crippen LogP contribution in [0, 0.1) is 5.92 Å². The van der Waals surface area contributed by atoms with Crippen molar-refractivity contribution in [1.82, 2.24) is 0 Å². The van der Waals surface area contributed by atoms with Crippen LogP contribution in [0.2, 0.25) is 0 Å². The third kappa shape index (κ3) is 3.98. The molecule has 0 aromatic carbocycles. The second-order valence-electron chi connectivity index (χ2n) is 2.84. The van der Waals surface area contributed by atoms with Crippen LogP contribution >= 0.6 is 0 Å². The summed E-state index contributed by atoms with van der Waals surface area (Å²) in [4.78, 5) is 10.6. The fraction of sp³-hybridized carbons (Fsp3) is 0.875. The van der Waals surface area contributed by atoms with Crippen LogP contribution in [-0.2, 0) is 14.3 Å². The predicted molar refractivity (Wildman–Crippen MR) is 40.2 cm³/mol. The average Bonchev–Trinajstić information content (AvgIpc) is 2.81. The predicted octanol–water partition coefficient (Wildman–Crippen LogP) is 0.976. The zero-order valence-corrected chi connectivity index (χ0v) is 6.84. The summed E-state index contributed by atoms with van der Waals surface area (Å²) in [7, 11) is 1.39. The third-order valence-corrected chi connectivity index (χ3v) is 1.73. The average molecular weight is 158 g/mol. The van der Waals surface area contributed by atoms with E-state index in [9.17, 15) is 4.79 Å². The Balaban J connectivity index is 1.82. The van der Waals surface area contributed by atoms with Crippen molar-refractivity contribution >= 4 is 5.97 Å². The molecule has 0 unspecified atom stereocenters. The lowest BCUT2D eigenvalue weighted by atomic mass is 10.4. The maximum Gasteiger partial charge on any atom is 0.307 e. The van der Waals surface area contributed by atoms with Crippen LogP contribution in [0.5, 0.6) is 0 Å². The molecule has 1 saturated carbocycles. The Hall–Kier alpha value is -0.570. The van der Waals surface area contributed by atoms with Gasteiger partial charge in [-0.05, 0) is 18.8 Å². The summed E-state index contributed by atoms with van der Waals surface area (Å²) in [5, 5.41) is 0. The molecule has 1 fully saturated rings. The number of hydrogen-bond donors (Lipinski definition) is 0. The SMILES string of the molecule is COC(=O)CCOCC1CC1. The van der Waals surface area contributed by atoms with E-state index in [1.54, 1.807) is 0 Å². The Morgan fingerprint density at radius 3 is 2.82 bits per heavy atom. The maximum atomic E-state index is 10.6. The van der Waals surface area contributed by atoms with Gasteiger partial charge < -0.3 is 9.47 Å². The molecule has 0 heterocycles. The molecule has 1 aliphatic carbocycles. The third-order valence-electron chi connectivity index (χ3n) is 1.73. The second kappa shape index (κ2) is 4.34. The van der Waals surface area contributed by atoms with Gasteiger partial charge in [0, 0.05) is 6.61 Å². The number of rotatable bonds is 5. The van der Waals surface area contributed by atoms with Crippen molar-refractivity contribution in [3.8, 4) is 0 Å². The molecule has 64 valence electrons. The molecule has 0 amide bonds. The minimum Gasteiger partial charge on any atom is -0.469 e. The van der Waals surface area contributed by atoms with E-state index in [0.717, 1.165) is 12.5 Å². The van der Waals surface area contributed by atoms with E-state index in [2.05, 4.69) is 4.74 Å². The highest BCUT2D eigenvalue weighted by Gasteiger charge is 2.20. The smallest absolute Gasteiger partial charge is 0.307 e. The van der Waals surface area contributed by atoms with Crippen molar-refractivity contribution in [2.24, 2.45) is 5.92 Å². The van der Waals surface area contributed by atoms with Gasteiger partial charge in [-0.3, -0.25) is 4.79 Å². The Morgan fingerprint density at radius 2 is 2.27 bits per heavy atom. The van der Waals surface area contributed by atoms with Gasteiger partial charge in [-0.1, -0.05) is 0 Å². The first-order chi connectivity index (χ1) is 5.33. The summed E-state index contributed by atoms with van der Waals surface area (Å²) < 4.78 is 9.68. The van der Waals surface area contributed by atoms with Gasteiger partial charge in [0.1, 0.15) is 0 Å². The Morgan fingerprint density at radius 1 is 1.55 bits per heavy atom. The van der Waals surface area contributed by atoms with Crippen molar-refractivity contribution in [2.45, 2.75) is 19.3 Å². The summed E-state index contributed by atoms with van der Waals surface area (Å²) in [6, 6.07) is 0. The fourth-order valence-corrected chi connectivity index (χ4v) is 0.792. The Bertz CT molecular complexity index is 129. The van der Waals surface area contributed by atoms with E-state index in [1.807, 2.05) is 0 Å². The van der Waals surface area contributed by atoms with Crippen LogP contribution in [0.15, 0.2) is 0 Å². The highest BCUT2D eigenvalue weighted by Crippen LogP contribution is 2.28. The molecular weight excluding hydrogens is 144 g/mol. The van der Waals surface area contributed by atoms with Crippen LogP contribution in [0.1, 0.15) is 19.3 Å². The highest BCUT2D eigenvalue weighted by atomic mass is 16.5. The monoisotopic (exact) mass is 158 g/mol. The first kappa shape index (κ1) is 8.53. The minimum atomic E-state index is -0.194. The zero-order valence-electron chi connectivity index (χ0n) is 6.84. The molecule has 1 rings (SSSR count). The van der Waals surface area contributed by atoms with Crippen molar-refractivity contribution in [3.63, 3.8) is 0 Å². The largest absolute Gasteiger partial charge is 0.469 e. The quantitative estimate of drug-likeness (QED) is 0.442. The number of methoxy groups -OCH3 is 1. The van der Waals surface area contributed by atoms with Crippen molar-refractivity contribution < 1.29 is 14.3 Å². The molecule has 0 spiro atoms. The molecule has 11 heavy (non-hydrogen) atoms. The molecule has 0 aliphatic heterocycles. The minimum absolute atomic E-state index is 0.194. The molecule has 0 N–H and O–H groups in total. The molecule has 0 radical (unpaired) electrons. The standard InChI is InChI=1S/C8H14O3/c1-10-8(9)4-5-11-6-7-2-3-7/h7H,2-6H2,1H3. The summed E-state index contributed by atoms with van der Waals surface area (Å²) in [6.07, 6.45) is 2.96. The van der Waals surface area contributed by atoms with E-state index in [4.69, 9.17) is 4.74 Å². The molecule has 3 nitrogen and oxygen atoms in total. The maximum absolute atomic E-state index is 10.6. The normalized spacial score (nSPS) is 16.5. The number of carbonyl (C=O) groups is 1. The first-order valence-corrected chi connectivity index (χ1v) is 3.97. The molecule has 0 saturated heterocycles. The van der Waals surface area contributed by atoms with Crippen LogP contribution in [0.3, 0.4) is 0 Å². The summed E-state index contributed by atoms with van der Waals surface area (Å²) in [5.41, 5.74) is 0. The molecule has 0 aromatic rings. The van der Waals surface area contributed by atoms with Gasteiger partial charge in [-0.25, -0.2) is 0 Å². The fourth-order valence-electron chi connectivity index (χ4n) is 0.792. The van der Waals surface area contributed by atoms with E-state index in [0.29, 0.717) is 13.0 Å². The van der Waals surface area contributed by atoms with Gasteiger partial charge in [0.25, 0.3) is 0 Å². The zero-order chi connectivity index (χ0) is 8.10. The van der Waals surface area contributed by atoms with Crippen molar-refractivity contribution in [2.75, 3.05) is 20.3 Å². The molecule has 0 aromatic heterocycles. The van der Waals surface area contributed by atoms with Crippen molar-refractivity contribution in [1.29, 1.82) is 0 Å². The Kier molecular flexibility index (Phi) is 3.36. The molecular formula is C8H14O3. The van der Waals surface area contributed by atoms with Crippen LogP contribution < -0.4 is 0 Å². The van der Waals surface area contributed by atoms with Crippen molar-refractivity contribution in [3.05, 3.63) is 0 Å². The molecule has 1 aliphatic rings. The number of hydrogen-bond acceptors (Lipinski definition) is 3. The van der Waals surface area contributed by atoms with Crippen LogP contribution in [-0.4, -0.2) is 26.3 Å². The summed E-state index contributed by atoms with van der Waals surface area (Å²) in [6.45, 7) is 1.32. The lowest BCUT2D eigenvalue weighted by Crippen LogP contribution is -2.06. The lowest BCUT2D eigenvalue weighted by Gasteiger charge is -2.00. The van der Waals surface area contributed by atoms with Gasteiger partial charge in [-0.2, -0.15) is 0 Å². The van der Waals surface area contributed by atoms with Gasteiger partial charge >= 0.3 is 5.97 Å².